The normalized spacial score (nSPS) is 11.8. The molecule has 1 aromatic heterocycles. The summed E-state index contributed by atoms with van der Waals surface area (Å²) in [6.45, 7) is 1.91. The summed E-state index contributed by atoms with van der Waals surface area (Å²) < 4.78 is 0.847. The van der Waals surface area contributed by atoms with Crippen LogP contribution in [0.3, 0.4) is 0 Å². The van der Waals surface area contributed by atoms with Crippen LogP contribution in [-0.4, -0.2) is 20.6 Å². The first-order valence-corrected chi connectivity index (χ1v) is 5.69. The van der Waals surface area contributed by atoms with Crippen LogP contribution in [0.2, 0.25) is 0 Å². The minimum absolute atomic E-state index is 0.0883. The molecule has 0 bridgehead atoms. The van der Waals surface area contributed by atoms with E-state index in [0.29, 0.717) is 11.4 Å². The summed E-state index contributed by atoms with van der Waals surface area (Å²) >= 11 is 3.35. The van der Waals surface area contributed by atoms with Crippen molar-refractivity contribution in [2.75, 3.05) is 5.32 Å². The van der Waals surface area contributed by atoms with Gasteiger partial charge in [-0.3, -0.25) is 0 Å². The van der Waals surface area contributed by atoms with Crippen molar-refractivity contribution in [2.24, 2.45) is 0 Å². The van der Waals surface area contributed by atoms with Crippen LogP contribution >= 0.6 is 15.9 Å². The van der Waals surface area contributed by atoms with Crippen molar-refractivity contribution in [3.63, 3.8) is 0 Å². The Bertz CT molecular complexity index is 544. The summed E-state index contributed by atoms with van der Waals surface area (Å²) in [5.41, 5.74) is 1.41. The molecule has 0 saturated heterocycles. The second-order valence-corrected chi connectivity index (χ2v) is 4.39. The largest absolute Gasteiger partial charge is 0.375 e. The minimum atomic E-state index is -0.0883. The molecule has 0 aliphatic rings. The maximum atomic E-state index is 8.87. The molecule has 17 heavy (non-hydrogen) atoms. The molecule has 0 fully saturated rings. The number of nitrogens with one attached hydrogen (secondary N) is 2. The molecule has 6 nitrogen and oxygen atoms in total. The third-order valence-corrected chi connectivity index (χ3v) is 2.62. The average molecular weight is 293 g/mol. The van der Waals surface area contributed by atoms with Crippen LogP contribution in [0.5, 0.6) is 0 Å². The Kier molecular flexibility index (Phi) is 3.35. The van der Waals surface area contributed by atoms with Crippen LogP contribution in [-0.2, 0) is 0 Å². The Morgan fingerprint density at radius 2 is 2.29 bits per heavy atom. The van der Waals surface area contributed by atoms with E-state index in [1.165, 1.54) is 0 Å². The van der Waals surface area contributed by atoms with Gasteiger partial charge in [-0.05, 0) is 25.1 Å². The molecular formula is C10H9BrN6. The number of halogens is 1. The quantitative estimate of drug-likeness (QED) is 0.903. The summed E-state index contributed by atoms with van der Waals surface area (Å²) in [6.07, 6.45) is 0. The van der Waals surface area contributed by atoms with Crippen molar-refractivity contribution in [3.05, 3.63) is 34.1 Å². The lowest BCUT2D eigenvalue weighted by Gasteiger charge is -2.11. The van der Waals surface area contributed by atoms with E-state index in [9.17, 15) is 0 Å². The highest BCUT2D eigenvalue weighted by Gasteiger charge is 2.10. The van der Waals surface area contributed by atoms with E-state index in [1.54, 1.807) is 12.1 Å². The Morgan fingerprint density at radius 1 is 1.47 bits per heavy atom. The number of anilines is 1. The number of hydrogen-bond donors (Lipinski definition) is 2. The van der Waals surface area contributed by atoms with Crippen LogP contribution in [0, 0.1) is 11.3 Å². The first-order chi connectivity index (χ1) is 8.19. The van der Waals surface area contributed by atoms with Crippen LogP contribution in [0.25, 0.3) is 0 Å². The van der Waals surface area contributed by atoms with Crippen LogP contribution in [0.4, 0.5) is 5.69 Å². The zero-order valence-corrected chi connectivity index (χ0v) is 10.6. The van der Waals surface area contributed by atoms with E-state index in [2.05, 4.69) is 47.9 Å². The van der Waals surface area contributed by atoms with Gasteiger partial charge in [0.15, 0.2) is 5.82 Å². The van der Waals surface area contributed by atoms with Gasteiger partial charge in [-0.15, -0.1) is 10.2 Å². The van der Waals surface area contributed by atoms with Crippen molar-refractivity contribution in [2.45, 2.75) is 13.0 Å². The summed E-state index contributed by atoms with van der Waals surface area (Å²) in [7, 11) is 0. The van der Waals surface area contributed by atoms with Crippen LogP contribution < -0.4 is 5.32 Å². The van der Waals surface area contributed by atoms with Gasteiger partial charge in [-0.2, -0.15) is 10.5 Å². The summed E-state index contributed by atoms with van der Waals surface area (Å²) in [5.74, 6) is 0.573. The average Bonchev–Trinajstić information content (AvgIpc) is 2.81. The summed E-state index contributed by atoms with van der Waals surface area (Å²) in [5, 5.41) is 25.7. The molecule has 2 N–H and O–H groups in total. The zero-order valence-electron chi connectivity index (χ0n) is 8.98. The van der Waals surface area contributed by atoms with E-state index < -0.39 is 0 Å². The first-order valence-electron chi connectivity index (χ1n) is 4.89. The lowest BCUT2D eigenvalue weighted by atomic mass is 10.2. The lowest BCUT2D eigenvalue weighted by molar-refractivity contribution is 0.793. The smallest absolute Gasteiger partial charge is 0.196 e. The molecule has 1 atom stereocenters. The number of H-pyrrole nitrogens is 1. The third kappa shape index (κ3) is 2.79. The van der Waals surface area contributed by atoms with E-state index >= 15 is 0 Å². The van der Waals surface area contributed by atoms with Gasteiger partial charge in [0.05, 0.1) is 17.7 Å². The Balaban J connectivity index is 2.19. The number of benzene rings is 1. The molecule has 1 aromatic carbocycles. The maximum absolute atomic E-state index is 8.87. The van der Waals surface area contributed by atoms with Gasteiger partial charge in [0.25, 0.3) is 0 Å². The SMILES string of the molecule is CC(Nc1cc(Br)cc(C#N)c1)c1nn[nH]n1. The second-order valence-electron chi connectivity index (χ2n) is 3.48. The number of aromatic nitrogens is 4. The predicted molar refractivity (Wildman–Crippen MR) is 65.1 cm³/mol. The van der Waals surface area contributed by atoms with Crippen molar-refractivity contribution < 1.29 is 0 Å². The molecule has 1 heterocycles. The maximum Gasteiger partial charge on any atom is 0.196 e. The lowest BCUT2D eigenvalue weighted by Crippen LogP contribution is -2.08. The molecule has 0 aliphatic heterocycles. The number of aromatic amines is 1. The number of nitrogens with zero attached hydrogens (tertiary/aromatic N) is 4. The molecule has 2 rings (SSSR count). The first kappa shape index (κ1) is 11.5. The molecule has 0 saturated carbocycles. The molecule has 7 heteroatoms. The highest BCUT2D eigenvalue weighted by Crippen LogP contribution is 2.22. The molecule has 0 amide bonds. The number of tetrazole rings is 1. The molecule has 2 aromatic rings. The van der Waals surface area contributed by atoms with Gasteiger partial charge in [-0.1, -0.05) is 21.1 Å². The van der Waals surface area contributed by atoms with Crippen molar-refractivity contribution in [3.8, 4) is 6.07 Å². The number of nitriles is 1. The molecule has 0 aliphatic carbocycles. The second kappa shape index (κ2) is 4.93. The Morgan fingerprint density at radius 3 is 2.94 bits per heavy atom. The molecule has 0 radical (unpaired) electrons. The van der Waals surface area contributed by atoms with Gasteiger partial charge in [0.2, 0.25) is 0 Å². The highest BCUT2D eigenvalue weighted by atomic mass is 79.9. The van der Waals surface area contributed by atoms with Crippen LogP contribution in [0.1, 0.15) is 24.4 Å². The van der Waals surface area contributed by atoms with Crippen molar-refractivity contribution in [1.29, 1.82) is 5.26 Å². The molecule has 86 valence electrons. The van der Waals surface area contributed by atoms with Gasteiger partial charge >= 0.3 is 0 Å². The predicted octanol–water partition coefficient (Wildman–Crippen LogP) is 2.01. The highest BCUT2D eigenvalue weighted by molar-refractivity contribution is 9.10. The van der Waals surface area contributed by atoms with Gasteiger partial charge in [-0.25, -0.2) is 0 Å². The van der Waals surface area contributed by atoms with Crippen LogP contribution in [0.15, 0.2) is 22.7 Å². The third-order valence-electron chi connectivity index (χ3n) is 2.16. The minimum Gasteiger partial charge on any atom is -0.375 e. The van der Waals surface area contributed by atoms with E-state index in [1.807, 2.05) is 13.0 Å². The fourth-order valence-electron chi connectivity index (χ4n) is 1.41. The van der Waals surface area contributed by atoms with E-state index in [-0.39, 0.29) is 6.04 Å². The van der Waals surface area contributed by atoms with E-state index in [4.69, 9.17) is 5.26 Å². The zero-order chi connectivity index (χ0) is 12.3. The molecular weight excluding hydrogens is 284 g/mol. The Hall–Kier alpha value is -1.94. The Labute approximate surface area is 106 Å². The summed E-state index contributed by atoms with van der Waals surface area (Å²) in [6, 6.07) is 7.41. The topological polar surface area (TPSA) is 90.3 Å². The van der Waals surface area contributed by atoms with Gasteiger partial charge < -0.3 is 5.32 Å². The summed E-state index contributed by atoms with van der Waals surface area (Å²) in [4.78, 5) is 0. The van der Waals surface area contributed by atoms with Gasteiger partial charge in [0.1, 0.15) is 0 Å². The fourth-order valence-corrected chi connectivity index (χ4v) is 1.90. The molecule has 1 unspecified atom stereocenters. The standard InChI is InChI=1S/C10H9BrN6/c1-6(10-14-16-17-15-10)13-9-3-7(5-12)2-8(11)4-9/h2-4,6,13H,1H3,(H,14,15,16,17). The van der Waals surface area contributed by atoms with E-state index in [0.717, 1.165) is 10.2 Å². The molecule has 0 spiro atoms. The number of rotatable bonds is 3. The monoisotopic (exact) mass is 292 g/mol. The number of hydrogen-bond acceptors (Lipinski definition) is 5. The van der Waals surface area contributed by atoms with Crippen molar-refractivity contribution >= 4 is 21.6 Å². The van der Waals surface area contributed by atoms with Gasteiger partial charge in [0, 0.05) is 10.2 Å². The fraction of sp³-hybridized carbons (Fsp3) is 0.200. The van der Waals surface area contributed by atoms with Crippen molar-refractivity contribution in [1.82, 2.24) is 20.6 Å².